The number of para-hydroxylation sites is 1. The highest BCUT2D eigenvalue weighted by atomic mass is 19.4. The molecule has 1 fully saturated rings. The van der Waals surface area contributed by atoms with E-state index in [9.17, 15) is 13.2 Å². The van der Waals surface area contributed by atoms with Crippen molar-refractivity contribution in [3.63, 3.8) is 0 Å². The van der Waals surface area contributed by atoms with Gasteiger partial charge in [-0.2, -0.15) is 13.2 Å². The van der Waals surface area contributed by atoms with Crippen molar-refractivity contribution in [2.45, 2.75) is 44.5 Å². The van der Waals surface area contributed by atoms with Crippen molar-refractivity contribution in [3.8, 4) is 5.75 Å². The Bertz CT molecular complexity index is 600. The van der Waals surface area contributed by atoms with Crippen LogP contribution in [0.2, 0.25) is 0 Å². The van der Waals surface area contributed by atoms with Crippen molar-refractivity contribution in [2.24, 2.45) is 10.9 Å². The monoisotopic (exact) mass is 387 g/mol. The fourth-order valence-electron chi connectivity index (χ4n) is 3.20. The van der Waals surface area contributed by atoms with Crippen LogP contribution in [-0.2, 0) is 11.3 Å². The van der Waals surface area contributed by atoms with E-state index in [1.165, 1.54) is 0 Å². The lowest BCUT2D eigenvalue weighted by atomic mass is 9.85. The average Bonchev–Trinajstić information content (AvgIpc) is 2.66. The lowest BCUT2D eigenvalue weighted by Crippen LogP contribution is -2.46. The van der Waals surface area contributed by atoms with E-state index in [4.69, 9.17) is 9.47 Å². The molecule has 2 N–H and O–H groups in total. The predicted octanol–water partition coefficient (Wildman–Crippen LogP) is 3.50. The van der Waals surface area contributed by atoms with E-state index >= 15 is 0 Å². The molecule has 0 radical (unpaired) electrons. The molecule has 0 amide bonds. The molecule has 152 valence electrons. The molecular formula is C19H28F3N3O2. The number of nitrogens with one attached hydrogen (secondary N) is 2. The molecule has 0 bridgehead atoms. The Hall–Kier alpha value is -1.96. The van der Waals surface area contributed by atoms with Crippen LogP contribution in [0.15, 0.2) is 29.3 Å². The van der Waals surface area contributed by atoms with Gasteiger partial charge in [0.2, 0.25) is 0 Å². The molecule has 0 atom stereocenters. The average molecular weight is 387 g/mol. The number of hydrogen-bond acceptors (Lipinski definition) is 3. The third kappa shape index (κ3) is 6.93. The predicted molar refractivity (Wildman–Crippen MR) is 98.9 cm³/mol. The molecular weight excluding hydrogens is 359 g/mol. The van der Waals surface area contributed by atoms with E-state index in [-0.39, 0.29) is 18.9 Å². The summed E-state index contributed by atoms with van der Waals surface area (Å²) < 4.78 is 49.1. The maximum absolute atomic E-state index is 12.7. The first-order valence-electron chi connectivity index (χ1n) is 9.17. The van der Waals surface area contributed by atoms with Crippen LogP contribution in [-0.4, -0.2) is 45.5 Å². The largest absolute Gasteiger partial charge is 0.496 e. The SMILES string of the molecule is CN=C(NCCOCc1ccccc1OC)NC1CCC(C(F)(F)F)CC1. The smallest absolute Gasteiger partial charge is 0.391 e. The number of benzene rings is 1. The van der Waals surface area contributed by atoms with Gasteiger partial charge in [0.05, 0.1) is 26.2 Å². The van der Waals surface area contributed by atoms with E-state index in [0.29, 0.717) is 38.6 Å². The highest BCUT2D eigenvalue weighted by molar-refractivity contribution is 5.79. The minimum Gasteiger partial charge on any atom is -0.496 e. The Morgan fingerprint density at radius 3 is 2.52 bits per heavy atom. The highest BCUT2D eigenvalue weighted by Crippen LogP contribution is 2.37. The van der Waals surface area contributed by atoms with Gasteiger partial charge < -0.3 is 20.1 Å². The Kier molecular flexibility index (Phi) is 8.22. The third-order valence-corrected chi connectivity index (χ3v) is 4.74. The normalized spacial score (nSPS) is 21.0. The minimum absolute atomic E-state index is 0.0179. The number of nitrogens with zero attached hydrogens (tertiary/aromatic N) is 1. The van der Waals surface area contributed by atoms with Crippen molar-refractivity contribution in [3.05, 3.63) is 29.8 Å². The van der Waals surface area contributed by atoms with Gasteiger partial charge in [0.1, 0.15) is 5.75 Å². The highest BCUT2D eigenvalue weighted by Gasteiger charge is 2.41. The van der Waals surface area contributed by atoms with Gasteiger partial charge in [-0.1, -0.05) is 18.2 Å². The summed E-state index contributed by atoms with van der Waals surface area (Å²) in [4.78, 5) is 4.13. The molecule has 0 aliphatic heterocycles. The summed E-state index contributed by atoms with van der Waals surface area (Å²) in [5.41, 5.74) is 0.976. The zero-order chi connectivity index (χ0) is 19.7. The maximum atomic E-state index is 12.7. The summed E-state index contributed by atoms with van der Waals surface area (Å²) in [7, 11) is 3.27. The van der Waals surface area contributed by atoms with Crippen molar-refractivity contribution < 1.29 is 22.6 Å². The van der Waals surface area contributed by atoms with Gasteiger partial charge in [0, 0.05) is 25.2 Å². The van der Waals surface area contributed by atoms with Gasteiger partial charge in [0.15, 0.2) is 5.96 Å². The van der Waals surface area contributed by atoms with Gasteiger partial charge in [-0.15, -0.1) is 0 Å². The first-order chi connectivity index (χ1) is 12.9. The van der Waals surface area contributed by atoms with Crippen LogP contribution in [0.5, 0.6) is 5.75 Å². The quantitative estimate of drug-likeness (QED) is 0.427. The van der Waals surface area contributed by atoms with Crippen molar-refractivity contribution in [2.75, 3.05) is 27.3 Å². The maximum Gasteiger partial charge on any atom is 0.391 e. The Balaban J connectivity index is 1.65. The summed E-state index contributed by atoms with van der Waals surface area (Å²) in [6.07, 6.45) is -2.76. The minimum atomic E-state index is -4.08. The third-order valence-electron chi connectivity index (χ3n) is 4.74. The second kappa shape index (κ2) is 10.4. The zero-order valence-electron chi connectivity index (χ0n) is 15.8. The Morgan fingerprint density at radius 1 is 1.19 bits per heavy atom. The van der Waals surface area contributed by atoms with E-state index in [2.05, 4.69) is 15.6 Å². The summed E-state index contributed by atoms with van der Waals surface area (Å²) in [5, 5.41) is 6.33. The Labute approximate surface area is 158 Å². The zero-order valence-corrected chi connectivity index (χ0v) is 15.8. The number of guanidine groups is 1. The summed E-state index contributed by atoms with van der Waals surface area (Å²) in [6.45, 7) is 1.46. The Morgan fingerprint density at radius 2 is 1.89 bits per heavy atom. The first kappa shape index (κ1) is 21.3. The van der Waals surface area contributed by atoms with Gasteiger partial charge in [0.25, 0.3) is 0 Å². The molecule has 27 heavy (non-hydrogen) atoms. The molecule has 1 aliphatic carbocycles. The number of halogens is 3. The van der Waals surface area contributed by atoms with E-state index in [1.807, 2.05) is 24.3 Å². The molecule has 0 unspecified atom stereocenters. The topological polar surface area (TPSA) is 54.9 Å². The van der Waals surface area contributed by atoms with Crippen LogP contribution in [0, 0.1) is 5.92 Å². The number of aliphatic imine (C=N–C) groups is 1. The van der Waals surface area contributed by atoms with Crippen molar-refractivity contribution >= 4 is 5.96 Å². The number of alkyl halides is 3. The number of ether oxygens (including phenoxy) is 2. The van der Waals surface area contributed by atoms with E-state index < -0.39 is 12.1 Å². The second-order valence-corrected chi connectivity index (χ2v) is 6.60. The first-order valence-corrected chi connectivity index (χ1v) is 9.17. The molecule has 0 spiro atoms. The molecule has 2 rings (SSSR count). The van der Waals surface area contributed by atoms with Crippen LogP contribution < -0.4 is 15.4 Å². The molecule has 0 aromatic heterocycles. The standard InChI is InChI=1S/C19H28F3N3O2/c1-23-18(25-16-9-7-15(8-10-16)19(20,21)22)24-11-12-27-13-14-5-3-4-6-17(14)26-2/h3-6,15-16H,7-13H2,1-2H3,(H2,23,24,25). The van der Waals surface area contributed by atoms with Gasteiger partial charge >= 0.3 is 6.18 Å². The van der Waals surface area contributed by atoms with Crippen LogP contribution in [0.3, 0.4) is 0 Å². The van der Waals surface area contributed by atoms with Crippen molar-refractivity contribution in [1.29, 1.82) is 0 Å². The molecule has 1 saturated carbocycles. The lowest BCUT2D eigenvalue weighted by molar-refractivity contribution is -0.182. The van der Waals surface area contributed by atoms with Gasteiger partial charge in [-0.3, -0.25) is 4.99 Å². The lowest BCUT2D eigenvalue weighted by Gasteiger charge is -2.31. The fourth-order valence-corrected chi connectivity index (χ4v) is 3.20. The summed E-state index contributed by atoms with van der Waals surface area (Å²) in [6, 6.07) is 7.69. The molecule has 8 heteroatoms. The van der Waals surface area contributed by atoms with Gasteiger partial charge in [-0.05, 0) is 31.7 Å². The summed E-state index contributed by atoms with van der Waals surface area (Å²) in [5.74, 6) is 0.206. The molecule has 1 aromatic rings. The summed E-state index contributed by atoms with van der Waals surface area (Å²) >= 11 is 0. The number of methoxy groups -OCH3 is 1. The molecule has 5 nitrogen and oxygen atoms in total. The van der Waals surface area contributed by atoms with E-state index in [1.54, 1.807) is 14.2 Å². The van der Waals surface area contributed by atoms with Gasteiger partial charge in [-0.25, -0.2) is 0 Å². The number of rotatable bonds is 7. The van der Waals surface area contributed by atoms with Crippen molar-refractivity contribution in [1.82, 2.24) is 10.6 Å². The molecule has 0 saturated heterocycles. The van der Waals surface area contributed by atoms with Crippen LogP contribution in [0.25, 0.3) is 0 Å². The fraction of sp³-hybridized carbons (Fsp3) is 0.632. The van der Waals surface area contributed by atoms with E-state index in [0.717, 1.165) is 11.3 Å². The molecule has 1 aromatic carbocycles. The second-order valence-electron chi connectivity index (χ2n) is 6.60. The number of hydrogen-bond donors (Lipinski definition) is 2. The molecule has 1 aliphatic rings. The van der Waals surface area contributed by atoms with Crippen LogP contribution in [0.1, 0.15) is 31.2 Å². The van der Waals surface area contributed by atoms with Crippen LogP contribution in [0.4, 0.5) is 13.2 Å². The molecule has 0 heterocycles. The van der Waals surface area contributed by atoms with Crippen LogP contribution >= 0.6 is 0 Å².